The van der Waals surface area contributed by atoms with Crippen molar-refractivity contribution in [3.63, 3.8) is 0 Å². The molecule has 1 fully saturated rings. The molecule has 0 aliphatic carbocycles. The van der Waals surface area contributed by atoms with Gasteiger partial charge in [-0.3, -0.25) is 10.0 Å². The second kappa shape index (κ2) is 8.87. The summed E-state index contributed by atoms with van der Waals surface area (Å²) in [6.45, 7) is 0.354. The van der Waals surface area contributed by atoms with Gasteiger partial charge >= 0.3 is 0 Å². The minimum Gasteiger partial charge on any atom is -0.493 e. The molecule has 2 aromatic rings. The molecule has 2 aromatic carbocycles. The summed E-state index contributed by atoms with van der Waals surface area (Å²) < 4.78 is 51.3. The smallest absolute Gasteiger partial charge is 0.267 e. The minimum atomic E-state index is -4.03. The molecule has 0 saturated carbocycles. The molecule has 1 aliphatic rings. The van der Waals surface area contributed by atoms with Crippen LogP contribution in [-0.2, 0) is 26.0 Å². The summed E-state index contributed by atoms with van der Waals surface area (Å²) in [7, 11) is -4.03. The minimum absolute atomic E-state index is 0.0552. The van der Waals surface area contributed by atoms with Gasteiger partial charge in [0.2, 0.25) is 10.0 Å². The highest BCUT2D eigenvalue weighted by atomic mass is 32.2. The fourth-order valence-corrected chi connectivity index (χ4v) is 4.33. The lowest BCUT2D eigenvalue weighted by molar-refractivity contribution is -0.135. The first-order valence-electron chi connectivity index (χ1n) is 8.88. The predicted molar refractivity (Wildman–Crippen MR) is 100 cm³/mol. The lowest BCUT2D eigenvalue weighted by Gasteiger charge is -2.25. The van der Waals surface area contributed by atoms with Gasteiger partial charge in [-0.2, -0.15) is 4.72 Å². The molecule has 1 atom stereocenters. The van der Waals surface area contributed by atoms with Crippen LogP contribution < -0.4 is 14.9 Å². The lowest BCUT2D eigenvalue weighted by atomic mass is 10.00. The molecule has 0 radical (unpaired) electrons. The standard InChI is InChI=1S/C19H21FN2O6S/c20-15-3-1-14(2-4-15)9-11-28-16-5-7-17(8-6-16)29(25,26)22-19(18(23)21-24)10-12-27-13-19/h1-8,22,24H,9-13H2,(H,21,23). The number of benzene rings is 2. The number of halogens is 1. The van der Waals surface area contributed by atoms with Crippen LogP contribution in [0.5, 0.6) is 5.75 Å². The molecule has 0 spiro atoms. The molecule has 10 heteroatoms. The van der Waals surface area contributed by atoms with Crippen molar-refractivity contribution in [1.82, 2.24) is 10.2 Å². The van der Waals surface area contributed by atoms with E-state index >= 15 is 0 Å². The van der Waals surface area contributed by atoms with E-state index in [4.69, 9.17) is 14.7 Å². The van der Waals surface area contributed by atoms with Gasteiger partial charge in [-0.1, -0.05) is 12.1 Å². The normalized spacial score (nSPS) is 19.1. The fourth-order valence-electron chi connectivity index (χ4n) is 2.95. The van der Waals surface area contributed by atoms with Crippen LogP contribution in [0.1, 0.15) is 12.0 Å². The van der Waals surface area contributed by atoms with E-state index in [1.807, 2.05) is 0 Å². The maximum absolute atomic E-state index is 12.9. The van der Waals surface area contributed by atoms with Crippen LogP contribution in [0, 0.1) is 5.82 Å². The van der Waals surface area contributed by atoms with Crippen LogP contribution in [0.3, 0.4) is 0 Å². The largest absolute Gasteiger partial charge is 0.493 e. The second-order valence-electron chi connectivity index (χ2n) is 6.63. The molecule has 1 amide bonds. The first-order valence-corrected chi connectivity index (χ1v) is 10.4. The van der Waals surface area contributed by atoms with Crippen LogP contribution in [0.15, 0.2) is 53.4 Å². The lowest BCUT2D eigenvalue weighted by Crippen LogP contribution is -2.58. The number of carbonyl (C=O) groups is 1. The Bertz CT molecular complexity index is 942. The molecular weight excluding hydrogens is 403 g/mol. The van der Waals surface area contributed by atoms with Gasteiger partial charge in [-0.15, -0.1) is 0 Å². The molecule has 8 nitrogen and oxygen atoms in total. The molecule has 1 aliphatic heterocycles. The van der Waals surface area contributed by atoms with E-state index in [2.05, 4.69) is 4.72 Å². The summed E-state index contributed by atoms with van der Waals surface area (Å²) in [5.74, 6) is -0.708. The van der Waals surface area contributed by atoms with Crippen molar-refractivity contribution in [1.29, 1.82) is 0 Å². The first kappa shape index (κ1) is 21.2. The molecule has 1 heterocycles. The van der Waals surface area contributed by atoms with E-state index in [0.29, 0.717) is 18.8 Å². The third-order valence-electron chi connectivity index (χ3n) is 4.59. The first-order chi connectivity index (χ1) is 13.8. The van der Waals surface area contributed by atoms with Gasteiger partial charge < -0.3 is 9.47 Å². The average Bonchev–Trinajstić information content (AvgIpc) is 3.18. The Morgan fingerprint density at radius 1 is 1.17 bits per heavy atom. The number of hydrogen-bond donors (Lipinski definition) is 3. The van der Waals surface area contributed by atoms with Gasteiger partial charge in [0, 0.05) is 19.4 Å². The Hall–Kier alpha value is -2.53. The molecule has 3 rings (SSSR count). The summed E-state index contributed by atoms with van der Waals surface area (Å²) in [5.41, 5.74) is 0.844. The van der Waals surface area contributed by atoms with Crippen LogP contribution in [0.25, 0.3) is 0 Å². The highest BCUT2D eigenvalue weighted by molar-refractivity contribution is 7.89. The molecule has 1 saturated heterocycles. The topological polar surface area (TPSA) is 114 Å². The predicted octanol–water partition coefficient (Wildman–Crippen LogP) is 1.39. The van der Waals surface area contributed by atoms with E-state index in [0.717, 1.165) is 5.56 Å². The number of rotatable bonds is 8. The molecule has 156 valence electrons. The van der Waals surface area contributed by atoms with Crippen LogP contribution in [-0.4, -0.2) is 44.9 Å². The quantitative estimate of drug-likeness (QED) is 0.436. The summed E-state index contributed by atoms with van der Waals surface area (Å²) in [6.07, 6.45) is 0.671. The van der Waals surface area contributed by atoms with Crippen molar-refractivity contribution in [2.45, 2.75) is 23.3 Å². The monoisotopic (exact) mass is 424 g/mol. The van der Waals surface area contributed by atoms with Crippen molar-refractivity contribution in [3.05, 3.63) is 59.9 Å². The van der Waals surface area contributed by atoms with E-state index in [1.54, 1.807) is 12.1 Å². The third-order valence-corrected chi connectivity index (χ3v) is 6.15. The summed E-state index contributed by atoms with van der Waals surface area (Å²) >= 11 is 0. The number of amides is 1. The maximum Gasteiger partial charge on any atom is 0.267 e. The van der Waals surface area contributed by atoms with E-state index in [-0.39, 0.29) is 30.3 Å². The van der Waals surface area contributed by atoms with Crippen LogP contribution in [0.2, 0.25) is 0 Å². The van der Waals surface area contributed by atoms with Crippen LogP contribution in [0.4, 0.5) is 4.39 Å². The number of carbonyl (C=O) groups excluding carboxylic acids is 1. The SMILES string of the molecule is O=C(NO)C1(NS(=O)(=O)c2ccc(OCCc3ccc(F)cc3)cc2)CCOC1. The van der Waals surface area contributed by atoms with Gasteiger partial charge in [-0.25, -0.2) is 18.3 Å². The zero-order chi connectivity index (χ0) is 20.9. The summed E-state index contributed by atoms with van der Waals surface area (Å²) in [4.78, 5) is 11.9. The van der Waals surface area contributed by atoms with Crippen molar-refractivity contribution < 1.29 is 32.3 Å². The summed E-state index contributed by atoms with van der Waals surface area (Å²) in [5, 5.41) is 8.92. The van der Waals surface area contributed by atoms with Gasteiger partial charge in [-0.05, 0) is 42.0 Å². The Kier molecular flexibility index (Phi) is 6.48. The molecule has 0 bridgehead atoms. The van der Waals surface area contributed by atoms with Crippen molar-refractivity contribution in [2.75, 3.05) is 19.8 Å². The molecule has 0 aromatic heterocycles. The highest BCUT2D eigenvalue weighted by Gasteiger charge is 2.45. The van der Waals surface area contributed by atoms with Crippen LogP contribution >= 0.6 is 0 Å². The average molecular weight is 424 g/mol. The van der Waals surface area contributed by atoms with Gasteiger partial charge in [0.15, 0.2) is 0 Å². The van der Waals surface area contributed by atoms with E-state index < -0.39 is 21.5 Å². The van der Waals surface area contributed by atoms with E-state index in [9.17, 15) is 17.6 Å². The maximum atomic E-state index is 12.9. The molecule has 29 heavy (non-hydrogen) atoms. The van der Waals surface area contributed by atoms with Gasteiger partial charge in [0.25, 0.3) is 5.91 Å². The molecular formula is C19H21FN2O6S. The second-order valence-corrected chi connectivity index (χ2v) is 8.31. The Labute approximate surface area is 167 Å². The molecule has 3 N–H and O–H groups in total. The Balaban J connectivity index is 1.62. The third kappa shape index (κ3) is 5.10. The van der Waals surface area contributed by atoms with Gasteiger partial charge in [0.1, 0.15) is 17.1 Å². The number of hydrogen-bond acceptors (Lipinski definition) is 6. The number of ether oxygens (including phenoxy) is 2. The zero-order valence-corrected chi connectivity index (χ0v) is 16.2. The fraction of sp³-hybridized carbons (Fsp3) is 0.316. The van der Waals surface area contributed by atoms with E-state index in [1.165, 1.54) is 41.9 Å². The van der Waals surface area contributed by atoms with Crippen molar-refractivity contribution in [2.24, 2.45) is 0 Å². The van der Waals surface area contributed by atoms with Crippen molar-refractivity contribution >= 4 is 15.9 Å². The number of nitrogens with one attached hydrogen (secondary N) is 2. The molecule has 1 unspecified atom stereocenters. The summed E-state index contributed by atoms with van der Waals surface area (Å²) in [6, 6.07) is 11.8. The Morgan fingerprint density at radius 2 is 1.86 bits per heavy atom. The zero-order valence-electron chi connectivity index (χ0n) is 15.4. The van der Waals surface area contributed by atoms with Crippen molar-refractivity contribution in [3.8, 4) is 5.75 Å². The van der Waals surface area contributed by atoms with Gasteiger partial charge in [0.05, 0.1) is 18.1 Å². The Morgan fingerprint density at radius 3 is 2.45 bits per heavy atom. The number of hydroxylamine groups is 1. The highest BCUT2D eigenvalue weighted by Crippen LogP contribution is 2.23. The number of sulfonamides is 1.